The Morgan fingerprint density at radius 2 is 1.72 bits per heavy atom. The number of carbonyl (C=O) groups is 1. The van der Waals surface area contributed by atoms with Crippen LogP contribution in [0.25, 0.3) is 0 Å². The minimum Gasteiger partial charge on any atom is -0.493 e. The maximum absolute atomic E-state index is 10.9. The van der Waals surface area contributed by atoms with Crippen LogP contribution < -0.4 is 14.4 Å². The van der Waals surface area contributed by atoms with Crippen molar-refractivity contribution >= 4 is 23.2 Å². The second-order valence-corrected chi connectivity index (χ2v) is 6.54. The minimum atomic E-state index is -1.04. The van der Waals surface area contributed by atoms with Gasteiger partial charge in [-0.1, -0.05) is 48.5 Å². The molecule has 3 aromatic rings. The van der Waals surface area contributed by atoms with Crippen LogP contribution in [0.2, 0.25) is 0 Å². The number of para-hydroxylation sites is 1. The Kier molecular flexibility index (Phi) is 5.16. The fourth-order valence-electron chi connectivity index (χ4n) is 3.28. The largest absolute Gasteiger partial charge is 0.493 e. The van der Waals surface area contributed by atoms with Gasteiger partial charge in [-0.15, -0.1) is 0 Å². The number of anilines is 1. The summed E-state index contributed by atoms with van der Waals surface area (Å²) in [4.78, 5) is 17.9. The third kappa shape index (κ3) is 3.91. The summed E-state index contributed by atoms with van der Waals surface area (Å²) < 4.78 is 10.8. The van der Waals surface area contributed by atoms with E-state index in [2.05, 4.69) is 4.90 Å². The first kappa shape index (κ1) is 18.6. The lowest BCUT2D eigenvalue weighted by Gasteiger charge is -2.31. The quantitative estimate of drug-likeness (QED) is 0.683. The molecule has 0 bridgehead atoms. The standard InChI is InChI=1S/C23H20N2O4/c1-28-20-13-19-17(12-21(20)29-15-22(26)27)14-25(18-10-6-3-7-11-18)23(24-19)16-8-4-2-5-9-16/h2-13H,14-15H2,1H3,(H,26,27). The number of fused-ring (bicyclic) bond motifs is 1. The van der Waals surface area contributed by atoms with E-state index in [0.717, 1.165) is 28.3 Å². The van der Waals surface area contributed by atoms with Crippen LogP contribution in [0.3, 0.4) is 0 Å². The molecule has 146 valence electrons. The highest BCUT2D eigenvalue weighted by atomic mass is 16.5. The molecule has 0 aromatic heterocycles. The Morgan fingerprint density at radius 1 is 1.03 bits per heavy atom. The first-order chi connectivity index (χ1) is 14.2. The molecule has 0 aliphatic carbocycles. The van der Waals surface area contributed by atoms with E-state index < -0.39 is 12.6 Å². The van der Waals surface area contributed by atoms with Crippen molar-refractivity contribution in [1.82, 2.24) is 0 Å². The molecule has 0 saturated carbocycles. The van der Waals surface area contributed by atoms with Crippen molar-refractivity contribution in [3.63, 3.8) is 0 Å². The third-order valence-electron chi connectivity index (χ3n) is 4.63. The predicted octanol–water partition coefficient (Wildman–Crippen LogP) is 4.26. The fourth-order valence-corrected chi connectivity index (χ4v) is 3.28. The number of nitrogens with zero attached hydrogens (tertiary/aromatic N) is 2. The topological polar surface area (TPSA) is 71.4 Å². The number of aliphatic carboxylic acids is 1. The summed E-state index contributed by atoms with van der Waals surface area (Å²) in [6, 6.07) is 23.6. The lowest BCUT2D eigenvalue weighted by molar-refractivity contribution is -0.139. The maximum Gasteiger partial charge on any atom is 0.341 e. The normalized spacial score (nSPS) is 12.7. The Bertz CT molecular complexity index is 1050. The summed E-state index contributed by atoms with van der Waals surface area (Å²) >= 11 is 0. The smallest absolute Gasteiger partial charge is 0.341 e. The van der Waals surface area contributed by atoms with Gasteiger partial charge in [0.1, 0.15) is 5.84 Å². The van der Waals surface area contributed by atoms with E-state index in [1.165, 1.54) is 7.11 Å². The zero-order valence-electron chi connectivity index (χ0n) is 15.9. The van der Waals surface area contributed by atoms with Crippen LogP contribution in [0.5, 0.6) is 11.5 Å². The number of amidine groups is 1. The molecule has 6 heteroatoms. The molecule has 1 aliphatic rings. The van der Waals surface area contributed by atoms with E-state index in [4.69, 9.17) is 19.6 Å². The Labute approximate surface area is 168 Å². The lowest BCUT2D eigenvalue weighted by atomic mass is 10.1. The average Bonchev–Trinajstić information content (AvgIpc) is 2.77. The number of aliphatic imine (C=N–C) groups is 1. The average molecular weight is 388 g/mol. The first-order valence-electron chi connectivity index (χ1n) is 9.18. The second-order valence-electron chi connectivity index (χ2n) is 6.54. The molecule has 0 radical (unpaired) electrons. The van der Waals surface area contributed by atoms with Gasteiger partial charge in [-0.25, -0.2) is 9.79 Å². The van der Waals surface area contributed by atoms with E-state index in [9.17, 15) is 4.79 Å². The molecule has 1 heterocycles. The van der Waals surface area contributed by atoms with Crippen molar-refractivity contribution in [2.75, 3.05) is 18.6 Å². The molecule has 0 fully saturated rings. The van der Waals surface area contributed by atoms with Crippen LogP contribution in [0.15, 0.2) is 77.8 Å². The highest BCUT2D eigenvalue weighted by molar-refractivity contribution is 6.12. The summed E-state index contributed by atoms with van der Waals surface area (Å²) in [7, 11) is 1.52. The number of methoxy groups -OCH3 is 1. The predicted molar refractivity (Wildman–Crippen MR) is 111 cm³/mol. The van der Waals surface area contributed by atoms with Gasteiger partial charge in [-0.3, -0.25) is 0 Å². The van der Waals surface area contributed by atoms with Crippen molar-refractivity contribution in [2.45, 2.75) is 6.54 Å². The van der Waals surface area contributed by atoms with E-state index in [-0.39, 0.29) is 0 Å². The van der Waals surface area contributed by atoms with E-state index in [1.54, 1.807) is 12.1 Å². The molecular formula is C23H20N2O4. The molecule has 4 rings (SSSR count). The first-order valence-corrected chi connectivity index (χ1v) is 9.18. The van der Waals surface area contributed by atoms with Crippen LogP contribution in [-0.2, 0) is 11.3 Å². The molecule has 6 nitrogen and oxygen atoms in total. The summed E-state index contributed by atoms with van der Waals surface area (Å²) in [6.07, 6.45) is 0. The minimum absolute atomic E-state index is 0.389. The molecule has 1 aliphatic heterocycles. The summed E-state index contributed by atoms with van der Waals surface area (Å²) in [5.41, 5.74) is 3.72. The van der Waals surface area contributed by atoms with Crippen LogP contribution in [0.4, 0.5) is 11.4 Å². The van der Waals surface area contributed by atoms with Gasteiger partial charge < -0.3 is 19.5 Å². The molecule has 0 unspecified atom stereocenters. The van der Waals surface area contributed by atoms with Gasteiger partial charge in [0.15, 0.2) is 18.1 Å². The number of ether oxygens (including phenoxy) is 2. The SMILES string of the molecule is COc1cc2c(cc1OCC(=O)O)CN(c1ccccc1)C(c1ccccc1)=N2. The summed E-state index contributed by atoms with van der Waals surface area (Å²) in [5, 5.41) is 8.93. The molecule has 29 heavy (non-hydrogen) atoms. The number of carboxylic acids is 1. The number of hydrogen-bond donors (Lipinski definition) is 1. The Balaban J connectivity index is 1.81. The molecular weight excluding hydrogens is 368 g/mol. The molecule has 0 amide bonds. The van der Waals surface area contributed by atoms with Gasteiger partial charge in [0.25, 0.3) is 0 Å². The molecule has 3 aromatic carbocycles. The highest BCUT2D eigenvalue weighted by Crippen LogP contribution is 2.39. The van der Waals surface area contributed by atoms with Crippen molar-refractivity contribution in [1.29, 1.82) is 0 Å². The highest BCUT2D eigenvalue weighted by Gasteiger charge is 2.24. The number of carboxylic acid groups (broad SMARTS) is 1. The molecule has 0 saturated heterocycles. The Hall–Kier alpha value is -3.80. The van der Waals surface area contributed by atoms with E-state index in [1.807, 2.05) is 60.7 Å². The van der Waals surface area contributed by atoms with Crippen LogP contribution in [-0.4, -0.2) is 30.6 Å². The van der Waals surface area contributed by atoms with Gasteiger partial charge in [-0.2, -0.15) is 0 Å². The van der Waals surface area contributed by atoms with Crippen molar-refractivity contribution < 1.29 is 19.4 Å². The van der Waals surface area contributed by atoms with Crippen LogP contribution in [0.1, 0.15) is 11.1 Å². The zero-order chi connectivity index (χ0) is 20.2. The van der Waals surface area contributed by atoms with Crippen LogP contribution >= 0.6 is 0 Å². The van der Waals surface area contributed by atoms with Crippen LogP contribution in [0, 0.1) is 0 Å². The van der Waals surface area contributed by atoms with Gasteiger partial charge >= 0.3 is 5.97 Å². The van der Waals surface area contributed by atoms with Gasteiger partial charge in [0, 0.05) is 22.9 Å². The van der Waals surface area contributed by atoms with Crippen molar-refractivity contribution in [3.8, 4) is 11.5 Å². The Morgan fingerprint density at radius 3 is 2.38 bits per heavy atom. The lowest BCUT2D eigenvalue weighted by Crippen LogP contribution is -2.33. The summed E-state index contributed by atoms with van der Waals surface area (Å²) in [6.45, 7) is 0.135. The maximum atomic E-state index is 10.9. The van der Waals surface area contributed by atoms with Crippen molar-refractivity contribution in [3.05, 3.63) is 83.9 Å². The zero-order valence-corrected chi connectivity index (χ0v) is 15.9. The monoisotopic (exact) mass is 388 g/mol. The molecule has 1 N–H and O–H groups in total. The summed E-state index contributed by atoms with van der Waals surface area (Å²) in [5.74, 6) is 0.639. The number of hydrogen-bond acceptors (Lipinski definition) is 5. The molecule has 0 atom stereocenters. The fraction of sp³-hybridized carbons (Fsp3) is 0.130. The van der Waals surface area contributed by atoms with E-state index in [0.29, 0.717) is 18.0 Å². The second kappa shape index (κ2) is 8.06. The van der Waals surface area contributed by atoms with Crippen molar-refractivity contribution in [2.24, 2.45) is 4.99 Å². The third-order valence-corrected chi connectivity index (χ3v) is 4.63. The van der Waals surface area contributed by atoms with E-state index >= 15 is 0 Å². The number of benzene rings is 3. The van der Waals surface area contributed by atoms with Gasteiger partial charge in [0.05, 0.1) is 19.3 Å². The molecule has 0 spiro atoms. The number of rotatable bonds is 6. The van der Waals surface area contributed by atoms with Gasteiger partial charge in [-0.05, 0) is 18.2 Å². The van der Waals surface area contributed by atoms with Gasteiger partial charge in [0.2, 0.25) is 0 Å².